The number of fused-ring (bicyclic) bond motifs is 1. The molecule has 4 rings (SSSR count). The summed E-state index contributed by atoms with van der Waals surface area (Å²) in [5, 5.41) is 4.60. The van der Waals surface area contributed by atoms with Gasteiger partial charge in [0, 0.05) is 51.0 Å². The standard InChI is InChI=1S/C18H25N5O2S/c1-14-11-19-17(25-14)12-22-5-3-21(4-6-22)7-8-23-18(24)10-15-13-26-9-2-16(15)20-23/h10-11H,2-9,12-13H2,1H3. The average Bonchev–Trinajstić information content (AvgIpc) is 3.06. The quantitative estimate of drug-likeness (QED) is 0.776. The van der Waals surface area contributed by atoms with Gasteiger partial charge in [-0.05, 0) is 18.2 Å². The summed E-state index contributed by atoms with van der Waals surface area (Å²) >= 11 is 1.88. The Balaban J connectivity index is 1.28. The third kappa shape index (κ3) is 4.19. The van der Waals surface area contributed by atoms with Crippen LogP contribution in [0.25, 0.3) is 0 Å². The molecule has 0 radical (unpaired) electrons. The maximum atomic E-state index is 12.3. The van der Waals surface area contributed by atoms with Gasteiger partial charge in [-0.25, -0.2) is 9.67 Å². The first-order valence-electron chi connectivity index (χ1n) is 9.21. The van der Waals surface area contributed by atoms with Crippen LogP contribution in [0.4, 0.5) is 0 Å². The zero-order chi connectivity index (χ0) is 17.9. The number of thioether (sulfide) groups is 1. The number of aromatic nitrogens is 3. The third-order valence-electron chi connectivity index (χ3n) is 5.03. The summed E-state index contributed by atoms with van der Waals surface area (Å²) in [4.78, 5) is 21.3. The van der Waals surface area contributed by atoms with Crippen LogP contribution < -0.4 is 5.56 Å². The lowest BCUT2D eigenvalue weighted by Crippen LogP contribution is -2.47. The molecule has 0 unspecified atom stereocenters. The van der Waals surface area contributed by atoms with Gasteiger partial charge in [0.25, 0.3) is 5.56 Å². The summed E-state index contributed by atoms with van der Waals surface area (Å²) in [6.45, 7) is 8.20. The number of nitrogens with zero attached hydrogens (tertiary/aromatic N) is 5. The molecule has 0 bridgehead atoms. The van der Waals surface area contributed by atoms with Crippen molar-refractivity contribution in [2.24, 2.45) is 0 Å². The molecule has 1 saturated heterocycles. The Hall–Kier alpha value is -1.64. The summed E-state index contributed by atoms with van der Waals surface area (Å²) in [7, 11) is 0. The minimum Gasteiger partial charge on any atom is -0.445 e. The molecule has 4 heterocycles. The molecule has 0 spiro atoms. The molecule has 2 aliphatic rings. The molecule has 2 aliphatic heterocycles. The smallest absolute Gasteiger partial charge is 0.267 e. The van der Waals surface area contributed by atoms with Gasteiger partial charge in [-0.1, -0.05) is 0 Å². The molecule has 7 nitrogen and oxygen atoms in total. The number of hydrogen-bond donors (Lipinski definition) is 0. The largest absolute Gasteiger partial charge is 0.445 e. The Morgan fingerprint density at radius 1 is 1.19 bits per heavy atom. The molecule has 0 N–H and O–H groups in total. The first-order chi connectivity index (χ1) is 12.7. The van der Waals surface area contributed by atoms with Crippen molar-refractivity contribution >= 4 is 11.8 Å². The molecule has 0 saturated carbocycles. The van der Waals surface area contributed by atoms with Gasteiger partial charge in [-0.2, -0.15) is 16.9 Å². The molecular weight excluding hydrogens is 350 g/mol. The second-order valence-corrected chi connectivity index (χ2v) is 8.07. The van der Waals surface area contributed by atoms with Gasteiger partial charge in [0.2, 0.25) is 5.89 Å². The Morgan fingerprint density at radius 2 is 2.00 bits per heavy atom. The number of rotatable bonds is 5. The van der Waals surface area contributed by atoms with Crippen LogP contribution in [0.15, 0.2) is 21.5 Å². The van der Waals surface area contributed by atoms with Crippen molar-refractivity contribution in [1.29, 1.82) is 0 Å². The first-order valence-corrected chi connectivity index (χ1v) is 10.4. The lowest BCUT2D eigenvalue weighted by Gasteiger charge is -2.34. The van der Waals surface area contributed by atoms with E-state index in [1.165, 1.54) is 0 Å². The molecule has 2 aromatic rings. The molecule has 0 atom stereocenters. The van der Waals surface area contributed by atoms with Crippen molar-refractivity contribution in [2.75, 3.05) is 38.5 Å². The monoisotopic (exact) mass is 375 g/mol. The number of oxazole rings is 1. The van der Waals surface area contributed by atoms with Gasteiger partial charge in [0.1, 0.15) is 5.76 Å². The number of piperazine rings is 1. The van der Waals surface area contributed by atoms with Gasteiger partial charge in [0.05, 0.1) is 25.0 Å². The molecule has 2 aromatic heterocycles. The van der Waals surface area contributed by atoms with Crippen LogP contribution in [-0.4, -0.2) is 63.0 Å². The second-order valence-electron chi connectivity index (χ2n) is 6.96. The predicted molar refractivity (Wildman–Crippen MR) is 101 cm³/mol. The van der Waals surface area contributed by atoms with Crippen LogP contribution in [0.2, 0.25) is 0 Å². The van der Waals surface area contributed by atoms with Gasteiger partial charge in [-0.15, -0.1) is 0 Å². The molecule has 0 aliphatic carbocycles. The summed E-state index contributed by atoms with van der Waals surface area (Å²) < 4.78 is 7.21. The van der Waals surface area contributed by atoms with Crippen molar-refractivity contribution in [2.45, 2.75) is 32.2 Å². The number of aryl methyl sites for hydroxylation is 2. The lowest BCUT2D eigenvalue weighted by molar-refractivity contribution is 0.115. The van der Waals surface area contributed by atoms with Crippen molar-refractivity contribution in [3.63, 3.8) is 0 Å². The van der Waals surface area contributed by atoms with Crippen LogP contribution in [0.3, 0.4) is 0 Å². The Kier molecular flexibility index (Phi) is 5.42. The highest BCUT2D eigenvalue weighted by molar-refractivity contribution is 7.98. The summed E-state index contributed by atoms with van der Waals surface area (Å²) in [5.74, 6) is 3.67. The second kappa shape index (κ2) is 7.94. The van der Waals surface area contributed by atoms with Crippen LogP contribution in [-0.2, 0) is 25.3 Å². The number of hydrogen-bond acceptors (Lipinski definition) is 7. The highest BCUT2D eigenvalue weighted by atomic mass is 32.2. The van der Waals surface area contributed by atoms with Gasteiger partial charge in [0.15, 0.2) is 0 Å². The van der Waals surface area contributed by atoms with Gasteiger partial charge in [-0.3, -0.25) is 14.6 Å². The van der Waals surface area contributed by atoms with E-state index in [1.807, 2.05) is 18.7 Å². The fourth-order valence-corrected chi connectivity index (χ4v) is 4.44. The van der Waals surface area contributed by atoms with E-state index < -0.39 is 0 Å². The van der Waals surface area contributed by atoms with E-state index in [2.05, 4.69) is 19.9 Å². The van der Waals surface area contributed by atoms with E-state index in [1.54, 1.807) is 16.9 Å². The van der Waals surface area contributed by atoms with E-state index in [4.69, 9.17) is 4.42 Å². The molecule has 8 heteroatoms. The van der Waals surface area contributed by atoms with Crippen molar-refractivity contribution in [3.05, 3.63) is 45.5 Å². The zero-order valence-corrected chi connectivity index (χ0v) is 16.0. The van der Waals surface area contributed by atoms with Crippen LogP contribution in [0, 0.1) is 6.92 Å². The van der Waals surface area contributed by atoms with Crippen LogP contribution >= 0.6 is 11.8 Å². The topological polar surface area (TPSA) is 67.4 Å². The maximum absolute atomic E-state index is 12.3. The fraction of sp³-hybridized carbons (Fsp3) is 0.611. The first kappa shape index (κ1) is 17.8. The molecule has 0 aromatic carbocycles. The minimum atomic E-state index is 0.0316. The van der Waals surface area contributed by atoms with Crippen molar-refractivity contribution in [3.8, 4) is 0 Å². The highest BCUT2D eigenvalue weighted by Gasteiger charge is 2.19. The molecule has 0 amide bonds. The normalized spacial score (nSPS) is 18.8. The summed E-state index contributed by atoms with van der Waals surface area (Å²) in [6, 6.07) is 1.78. The fourth-order valence-electron chi connectivity index (χ4n) is 3.49. The Bertz CT molecular complexity index is 810. The Morgan fingerprint density at radius 3 is 2.77 bits per heavy atom. The average molecular weight is 375 g/mol. The minimum absolute atomic E-state index is 0.0316. The molecule has 140 valence electrons. The SMILES string of the molecule is Cc1cnc(CN2CCN(CCn3nc4c(cc3=O)CSCC4)CC2)o1. The predicted octanol–water partition coefficient (Wildman–Crippen LogP) is 1.15. The molecule has 26 heavy (non-hydrogen) atoms. The van der Waals surface area contributed by atoms with Crippen LogP contribution in [0.5, 0.6) is 0 Å². The van der Waals surface area contributed by atoms with E-state index in [0.717, 1.165) is 80.1 Å². The maximum Gasteiger partial charge on any atom is 0.267 e. The lowest BCUT2D eigenvalue weighted by atomic mass is 10.2. The molecule has 1 fully saturated rings. The van der Waals surface area contributed by atoms with Crippen LogP contribution in [0.1, 0.15) is 22.9 Å². The van der Waals surface area contributed by atoms with E-state index in [9.17, 15) is 4.79 Å². The van der Waals surface area contributed by atoms with Gasteiger partial charge < -0.3 is 4.42 Å². The summed E-state index contributed by atoms with van der Waals surface area (Å²) in [5.41, 5.74) is 2.26. The van der Waals surface area contributed by atoms with Crippen molar-refractivity contribution in [1.82, 2.24) is 24.6 Å². The third-order valence-corrected chi connectivity index (χ3v) is 6.03. The zero-order valence-electron chi connectivity index (χ0n) is 15.2. The summed E-state index contributed by atoms with van der Waals surface area (Å²) in [6.07, 6.45) is 2.74. The van der Waals surface area contributed by atoms with E-state index >= 15 is 0 Å². The molecular formula is C18H25N5O2S. The van der Waals surface area contributed by atoms with E-state index in [-0.39, 0.29) is 5.56 Å². The van der Waals surface area contributed by atoms with Crippen molar-refractivity contribution < 1.29 is 4.42 Å². The van der Waals surface area contributed by atoms with E-state index in [0.29, 0.717) is 6.54 Å². The highest BCUT2D eigenvalue weighted by Crippen LogP contribution is 2.21. The van der Waals surface area contributed by atoms with Gasteiger partial charge >= 0.3 is 0 Å². The Labute approximate surface area is 157 Å².